The molecule has 5 nitrogen and oxygen atoms in total. The molecule has 5 heteroatoms. The highest BCUT2D eigenvalue weighted by atomic mass is 16.5. The largest absolute Gasteiger partial charge is 0.480 e. The first-order chi connectivity index (χ1) is 10.7. The van der Waals surface area contributed by atoms with Gasteiger partial charge in [-0.3, -0.25) is 4.79 Å². The number of ether oxygens (including phenoxy) is 1. The number of carbonyl (C=O) groups excluding carboxylic acids is 1. The van der Waals surface area contributed by atoms with Crippen LogP contribution >= 0.6 is 0 Å². The van der Waals surface area contributed by atoms with Crippen LogP contribution in [0.15, 0.2) is 53.7 Å². The lowest BCUT2D eigenvalue weighted by Crippen LogP contribution is -2.31. The van der Waals surface area contributed by atoms with E-state index in [2.05, 4.69) is 10.5 Å². The summed E-state index contributed by atoms with van der Waals surface area (Å²) in [5.74, 6) is 0.576. The van der Waals surface area contributed by atoms with E-state index in [9.17, 15) is 4.79 Å². The molecule has 0 fully saturated rings. The zero-order chi connectivity index (χ0) is 15.5. The van der Waals surface area contributed by atoms with Gasteiger partial charge in [-0.25, -0.2) is 0 Å². The van der Waals surface area contributed by atoms with Crippen molar-refractivity contribution in [3.05, 3.63) is 59.7 Å². The lowest BCUT2D eigenvalue weighted by atomic mass is 10.1. The van der Waals surface area contributed by atoms with Crippen LogP contribution in [0.3, 0.4) is 0 Å². The molecule has 0 spiro atoms. The Labute approximate surface area is 128 Å². The summed E-state index contributed by atoms with van der Waals surface area (Å²) in [4.78, 5) is 12.3. The van der Waals surface area contributed by atoms with Gasteiger partial charge < -0.3 is 15.3 Å². The average molecular weight is 296 g/mol. The van der Waals surface area contributed by atoms with Crippen LogP contribution in [0, 0.1) is 0 Å². The molecule has 1 aliphatic heterocycles. The number of fused-ring (bicyclic) bond motifs is 1. The third kappa shape index (κ3) is 2.79. The molecular formula is C17H16N2O3. The molecule has 112 valence electrons. The second-order valence-electron chi connectivity index (χ2n) is 5.17. The van der Waals surface area contributed by atoms with Crippen molar-refractivity contribution in [2.24, 2.45) is 5.16 Å². The summed E-state index contributed by atoms with van der Waals surface area (Å²) in [6, 6.07) is 14.8. The van der Waals surface area contributed by atoms with Crippen molar-refractivity contribution in [2.75, 3.05) is 5.32 Å². The second-order valence-corrected chi connectivity index (χ2v) is 5.17. The lowest BCUT2D eigenvalue weighted by molar-refractivity contribution is -0.122. The molecular weight excluding hydrogens is 280 g/mol. The smallest absolute Gasteiger partial charge is 0.265 e. The van der Waals surface area contributed by atoms with E-state index in [4.69, 9.17) is 9.94 Å². The van der Waals surface area contributed by atoms with Crippen molar-refractivity contribution < 1.29 is 14.7 Å². The van der Waals surface area contributed by atoms with Crippen molar-refractivity contribution in [2.45, 2.75) is 19.4 Å². The van der Waals surface area contributed by atoms with Crippen LogP contribution in [0.5, 0.6) is 5.75 Å². The Kier molecular flexibility index (Phi) is 3.78. The van der Waals surface area contributed by atoms with Crippen LogP contribution in [-0.2, 0) is 11.2 Å². The number of hydrogen-bond acceptors (Lipinski definition) is 4. The number of amides is 1. The van der Waals surface area contributed by atoms with Crippen molar-refractivity contribution in [3.8, 4) is 5.75 Å². The summed E-state index contributed by atoms with van der Waals surface area (Å²) >= 11 is 0. The summed E-state index contributed by atoms with van der Waals surface area (Å²) < 4.78 is 5.66. The van der Waals surface area contributed by atoms with Gasteiger partial charge in [-0.2, -0.15) is 0 Å². The zero-order valence-electron chi connectivity index (χ0n) is 12.1. The fraction of sp³-hybridized carbons (Fsp3) is 0.176. The Balaban J connectivity index is 1.71. The fourth-order valence-corrected chi connectivity index (χ4v) is 2.43. The van der Waals surface area contributed by atoms with Crippen molar-refractivity contribution in [3.63, 3.8) is 0 Å². The minimum atomic E-state index is -0.520. The molecule has 2 N–H and O–H groups in total. The molecule has 0 aliphatic carbocycles. The molecule has 0 bridgehead atoms. The molecule has 1 unspecified atom stereocenters. The maximum atomic E-state index is 12.3. The zero-order valence-corrected chi connectivity index (χ0v) is 12.1. The van der Waals surface area contributed by atoms with Gasteiger partial charge in [0.1, 0.15) is 5.75 Å². The van der Waals surface area contributed by atoms with E-state index in [-0.39, 0.29) is 5.91 Å². The maximum Gasteiger partial charge on any atom is 0.265 e. The van der Waals surface area contributed by atoms with Crippen molar-refractivity contribution in [1.82, 2.24) is 0 Å². The molecule has 2 aromatic rings. The van der Waals surface area contributed by atoms with Gasteiger partial charge in [-0.1, -0.05) is 35.5 Å². The molecule has 1 aliphatic rings. The van der Waals surface area contributed by atoms with E-state index >= 15 is 0 Å². The number of para-hydroxylation sites is 1. The van der Waals surface area contributed by atoms with Gasteiger partial charge in [0.15, 0.2) is 6.10 Å². The van der Waals surface area contributed by atoms with Crippen LogP contribution in [0.4, 0.5) is 5.69 Å². The Morgan fingerprint density at radius 2 is 2.09 bits per heavy atom. The summed E-state index contributed by atoms with van der Waals surface area (Å²) in [6.07, 6.45) is 0.0485. The molecule has 0 saturated heterocycles. The van der Waals surface area contributed by atoms with Crippen molar-refractivity contribution in [1.29, 1.82) is 0 Å². The van der Waals surface area contributed by atoms with E-state index in [0.717, 1.165) is 16.9 Å². The highest BCUT2D eigenvalue weighted by molar-refractivity contribution is 6.00. The Bertz CT molecular complexity index is 715. The molecule has 2 aromatic carbocycles. The van der Waals surface area contributed by atoms with Gasteiger partial charge >= 0.3 is 0 Å². The fourth-order valence-electron chi connectivity index (χ4n) is 2.43. The van der Waals surface area contributed by atoms with Crippen LogP contribution < -0.4 is 10.1 Å². The van der Waals surface area contributed by atoms with Gasteiger partial charge in [-0.05, 0) is 30.7 Å². The third-order valence-corrected chi connectivity index (χ3v) is 3.64. The number of hydrogen-bond donors (Lipinski definition) is 2. The Hall–Kier alpha value is -2.82. The van der Waals surface area contributed by atoms with Crippen LogP contribution in [-0.4, -0.2) is 22.9 Å². The second kappa shape index (κ2) is 5.89. The van der Waals surface area contributed by atoms with Gasteiger partial charge in [0.25, 0.3) is 5.91 Å². The first kappa shape index (κ1) is 14.1. The first-order valence-electron chi connectivity index (χ1n) is 7.02. The normalized spacial score (nSPS) is 16.8. The predicted octanol–water partition coefficient (Wildman–Crippen LogP) is 2.83. The summed E-state index contributed by atoms with van der Waals surface area (Å²) in [6.45, 7) is 1.69. The minimum absolute atomic E-state index is 0.188. The average Bonchev–Trinajstić information content (AvgIpc) is 2.98. The molecule has 0 aromatic heterocycles. The van der Waals surface area contributed by atoms with E-state index in [1.54, 1.807) is 25.1 Å². The van der Waals surface area contributed by atoms with Gasteiger partial charge in [0.05, 0.1) is 5.71 Å². The molecule has 0 radical (unpaired) electrons. The van der Waals surface area contributed by atoms with Gasteiger partial charge in [0, 0.05) is 17.7 Å². The topological polar surface area (TPSA) is 70.9 Å². The predicted molar refractivity (Wildman–Crippen MR) is 83.6 cm³/mol. The highest BCUT2D eigenvalue weighted by Crippen LogP contribution is 2.28. The number of rotatable bonds is 3. The third-order valence-electron chi connectivity index (χ3n) is 3.64. The molecule has 22 heavy (non-hydrogen) atoms. The summed E-state index contributed by atoms with van der Waals surface area (Å²) in [7, 11) is 0. The summed E-state index contributed by atoms with van der Waals surface area (Å²) in [5.41, 5.74) is 2.92. The van der Waals surface area contributed by atoms with Crippen LogP contribution in [0.25, 0.3) is 0 Å². The quantitative estimate of drug-likeness (QED) is 0.520. The van der Waals surface area contributed by atoms with E-state index in [1.165, 1.54) is 0 Å². The molecule has 0 saturated carbocycles. The SMILES string of the molecule is C/C(=N\O)c1cccc(NC(=O)C2Cc3ccccc3O2)c1. The number of nitrogens with zero attached hydrogens (tertiary/aromatic N) is 1. The standard InChI is InChI=1S/C17H16N2O3/c1-11(19-21)12-6-4-7-14(9-12)18-17(20)16-10-13-5-2-3-8-15(13)22-16/h2-9,16,21H,10H2,1H3,(H,18,20)/b19-11+. The molecule has 3 rings (SSSR count). The number of anilines is 1. The number of benzene rings is 2. The maximum absolute atomic E-state index is 12.3. The van der Waals surface area contributed by atoms with E-state index < -0.39 is 6.10 Å². The number of carbonyl (C=O) groups is 1. The number of oxime groups is 1. The van der Waals surface area contributed by atoms with Gasteiger partial charge in [0.2, 0.25) is 0 Å². The highest BCUT2D eigenvalue weighted by Gasteiger charge is 2.28. The van der Waals surface area contributed by atoms with E-state index in [1.807, 2.05) is 30.3 Å². The number of nitrogens with one attached hydrogen (secondary N) is 1. The summed E-state index contributed by atoms with van der Waals surface area (Å²) in [5, 5.41) is 14.8. The van der Waals surface area contributed by atoms with Gasteiger partial charge in [-0.15, -0.1) is 0 Å². The lowest BCUT2D eigenvalue weighted by Gasteiger charge is -2.12. The van der Waals surface area contributed by atoms with E-state index in [0.29, 0.717) is 17.8 Å². The minimum Gasteiger partial charge on any atom is -0.480 e. The molecule has 1 amide bonds. The van der Waals surface area contributed by atoms with Crippen LogP contribution in [0.1, 0.15) is 18.1 Å². The molecule has 1 heterocycles. The van der Waals surface area contributed by atoms with Crippen molar-refractivity contribution >= 4 is 17.3 Å². The Morgan fingerprint density at radius 3 is 2.86 bits per heavy atom. The monoisotopic (exact) mass is 296 g/mol. The van der Waals surface area contributed by atoms with Crippen LogP contribution in [0.2, 0.25) is 0 Å². The Morgan fingerprint density at radius 1 is 1.27 bits per heavy atom. The first-order valence-corrected chi connectivity index (χ1v) is 7.02. The molecule has 1 atom stereocenters.